The van der Waals surface area contributed by atoms with Gasteiger partial charge in [-0.1, -0.05) is 12.1 Å². The molecule has 0 spiro atoms. The molecule has 1 aromatic carbocycles. The lowest BCUT2D eigenvalue weighted by Crippen LogP contribution is -2.47. The highest BCUT2D eigenvalue weighted by atomic mass is 16.3. The zero-order valence-electron chi connectivity index (χ0n) is 14.7. The van der Waals surface area contributed by atoms with Gasteiger partial charge in [-0.05, 0) is 44.9 Å². The molecule has 136 valence electrons. The molecular weight excluding hydrogens is 334 g/mol. The van der Waals surface area contributed by atoms with Crippen molar-refractivity contribution in [2.75, 3.05) is 12.0 Å². The van der Waals surface area contributed by atoms with Gasteiger partial charge in [0.25, 0.3) is 11.8 Å². The van der Waals surface area contributed by atoms with Crippen molar-refractivity contribution in [2.45, 2.75) is 32.7 Å². The van der Waals surface area contributed by atoms with Crippen LogP contribution in [0.15, 0.2) is 30.3 Å². The first-order valence-electron chi connectivity index (χ1n) is 8.43. The number of hydrogen-bond acceptors (Lipinski definition) is 6. The van der Waals surface area contributed by atoms with Gasteiger partial charge in [-0.25, -0.2) is 9.97 Å². The van der Waals surface area contributed by atoms with Crippen LogP contribution in [0, 0.1) is 13.8 Å². The second kappa shape index (κ2) is 7.38. The maximum atomic E-state index is 12.7. The van der Waals surface area contributed by atoms with Crippen LogP contribution in [0.3, 0.4) is 0 Å². The topological polar surface area (TPSA) is 107 Å². The van der Waals surface area contributed by atoms with Crippen LogP contribution < -0.4 is 10.9 Å². The minimum Gasteiger partial charge on any atom is -0.507 e. The van der Waals surface area contributed by atoms with E-state index in [9.17, 15) is 14.7 Å². The number of hydrazine groups is 1. The molecule has 1 aliphatic heterocycles. The highest BCUT2D eigenvalue weighted by molar-refractivity contribution is 6.00. The number of para-hydroxylation sites is 1. The molecule has 8 heteroatoms. The summed E-state index contributed by atoms with van der Waals surface area (Å²) in [5.41, 5.74) is 7.04. The quantitative estimate of drug-likeness (QED) is 0.718. The van der Waals surface area contributed by atoms with Crippen LogP contribution in [0.5, 0.6) is 5.75 Å². The predicted molar refractivity (Wildman–Crippen MR) is 95.4 cm³/mol. The Balaban J connectivity index is 1.68. The molecule has 1 aliphatic rings. The smallest absolute Gasteiger partial charge is 0.261 e. The van der Waals surface area contributed by atoms with Crippen molar-refractivity contribution in [1.29, 1.82) is 0 Å². The van der Waals surface area contributed by atoms with E-state index in [1.54, 1.807) is 18.2 Å². The molecule has 1 atom stereocenters. The van der Waals surface area contributed by atoms with Crippen molar-refractivity contribution in [2.24, 2.45) is 0 Å². The summed E-state index contributed by atoms with van der Waals surface area (Å²) in [5.74, 6) is -0.491. The molecule has 3 rings (SSSR count). The Bertz CT molecular complexity index is 819. The van der Waals surface area contributed by atoms with Crippen LogP contribution in [0.1, 0.15) is 34.6 Å². The zero-order chi connectivity index (χ0) is 18.7. The lowest BCUT2D eigenvalue weighted by atomic mass is 10.1. The van der Waals surface area contributed by atoms with Crippen molar-refractivity contribution in [3.8, 4) is 5.75 Å². The molecule has 2 aromatic rings. The van der Waals surface area contributed by atoms with Crippen molar-refractivity contribution in [1.82, 2.24) is 20.3 Å². The Morgan fingerprint density at radius 1 is 1.19 bits per heavy atom. The molecule has 2 amide bonds. The molecule has 26 heavy (non-hydrogen) atoms. The summed E-state index contributed by atoms with van der Waals surface area (Å²) in [7, 11) is 0. The van der Waals surface area contributed by atoms with Crippen molar-refractivity contribution >= 4 is 17.8 Å². The number of aromatic hydroxyl groups is 1. The minimum atomic E-state index is -0.611. The standard InChI is InChI=1S/C18H21N5O3/c1-11-10-12(2)20-18(19-11)22-21-16(25)14-7-5-9-23(14)17(26)13-6-3-4-8-15(13)24/h3-4,6,8,10,14,24H,5,7,9H2,1-2H3,(H,21,25)(H,19,20,22)/t14-/m1/s1. The summed E-state index contributed by atoms with van der Waals surface area (Å²) in [6.07, 6.45) is 1.28. The number of carbonyl (C=O) groups is 2. The number of carbonyl (C=O) groups excluding carboxylic acids is 2. The van der Waals surface area contributed by atoms with Crippen molar-refractivity contribution < 1.29 is 14.7 Å². The first kappa shape index (κ1) is 17.7. The largest absolute Gasteiger partial charge is 0.507 e. The number of hydrogen-bond donors (Lipinski definition) is 3. The van der Waals surface area contributed by atoms with Gasteiger partial charge in [-0.2, -0.15) is 0 Å². The summed E-state index contributed by atoms with van der Waals surface area (Å²) in [6.45, 7) is 4.14. The van der Waals surface area contributed by atoms with E-state index >= 15 is 0 Å². The molecule has 0 aliphatic carbocycles. The van der Waals surface area contributed by atoms with Crippen molar-refractivity contribution in [3.63, 3.8) is 0 Å². The lowest BCUT2D eigenvalue weighted by molar-refractivity contribution is -0.124. The average molecular weight is 355 g/mol. The van der Waals surface area contributed by atoms with Crippen molar-refractivity contribution in [3.05, 3.63) is 47.3 Å². The zero-order valence-corrected chi connectivity index (χ0v) is 14.7. The summed E-state index contributed by atoms with van der Waals surface area (Å²) in [5, 5.41) is 9.89. The second-order valence-corrected chi connectivity index (χ2v) is 6.26. The first-order valence-corrected chi connectivity index (χ1v) is 8.43. The number of aromatic nitrogens is 2. The summed E-state index contributed by atoms with van der Waals surface area (Å²) in [4.78, 5) is 35.1. The summed E-state index contributed by atoms with van der Waals surface area (Å²) >= 11 is 0. The number of aryl methyl sites for hydroxylation is 2. The van der Waals surface area contributed by atoms with E-state index in [4.69, 9.17) is 0 Å². The summed E-state index contributed by atoms with van der Waals surface area (Å²) < 4.78 is 0. The van der Waals surface area contributed by atoms with Gasteiger partial charge in [-0.3, -0.25) is 20.4 Å². The average Bonchev–Trinajstić information content (AvgIpc) is 3.08. The third-order valence-electron chi connectivity index (χ3n) is 4.23. The van der Waals surface area contributed by atoms with Gasteiger partial charge in [0.1, 0.15) is 11.8 Å². The Morgan fingerprint density at radius 2 is 1.88 bits per heavy atom. The fourth-order valence-corrected chi connectivity index (χ4v) is 3.07. The molecule has 1 saturated heterocycles. The van der Waals surface area contributed by atoms with Crippen LogP contribution in [-0.2, 0) is 4.79 Å². The molecule has 8 nitrogen and oxygen atoms in total. The molecule has 2 heterocycles. The number of benzene rings is 1. The number of rotatable bonds is 4. The summed E-state index contributed by atoms with van der Waals surface area (Å²) in [6, 6.07) is 7.55. The third kappa shape index (κ3) is 3.74. The molecular formula is C18H21N5O3. The Hall–Kier alpha value is -3.16. The normalized spacial score (nSPS) is 16.4. The Kier molecular flexibility index (Phi) is 5.01. The van der Waals surface area contributed by atoms with Crippen LogP contribution in [0.25, 0.3) is 0 Å². The molecule has 1 fully saturated rings. The number of phenolic OH excluding ortho intramolecular Hbond substituents is 1. The molecule has 3 N–H and O–H groups in total. The number of amides is 2. The van der Waals surface area contributed by atoms with E-state index in [2.05, 4.69) is 20.8 Å². The molecule has 0 radical (unpaired) electrons. The number of phenols is 1. The first-order chi connectivity index (χ1) is 12.5. The van der Waals surface area contributed by atoms with Crippen LogP contribution in [0.2, 0.25) is 0 Å². The molecule has 0 unspecified atom stereocenters. The van der Waals surface area contributed by atoms with Gasteiger partial charge in [-0.15, -0.1) is 0 Å². The third-order valence-corrected chi connectivity index (χ3v) is 4.23. The molecule has 0 saturated carbocycles. The Labute approximate surface area is 151 Å². The fraction of sp³-hybridized carbons (Fsp3) is 0.333. The van der Waals surface area contributed by atoms with Crippen LogP contribution in [0.4, 0.5) is 5.95 Å². The maximum Gasteiger partial charge on any atom is 0.261 e. The number of anilines is 1. The maximum absolute atomic E-state index is 12.7. The van der Waals surface area contributed by atoms with Gasteiger partial charge in [0.05, 0.1) is 5.56 Å². The van der Waals surface area contributed by atoms with E-state index in [0.717, 1.165) is 17.8 Å². The lowest BCUT2D eigenvalue weighted by Gasteiger charge is -2.24. The van der Waals surface area contributed by atoms with E-state index in [1.807, 2.05) is 19.9 Å². The van der Waals surface area contributed by atoms with Crippen LogP contribution >= 0.6 is 0 Å². The predicted octanol–water partition coefficient (Wildman–Crippen LogP) is 1.55. The molecule has 1 aromatic heterocycles. The highest BCUT2D eigenvalue weighted by Crippen LogP contribution is 2.24. The fourth-order valence-electron chi connectivity index (χ4n) is 3.07. The van der Waals surface area contributed by atoms with Gasteiger partial charge in [0, 0.05) is 17.9 Å². The van der Waals surface area contributed by atoms with E-state index in [0.29, 0.717) is 18.9 Å². The van der Waals surface area contributed by atoms with Gasteiger partial charge >= 0.3 is 0 Å². The van der Waals surface area contributed by atoms with Gasteiger partial charge < -0.3 is 10.0 Å². The van der Waals surface area contributed by atoms with E-state index in [1.165, 1.54) is 11.0 Å². The molecule has 0 bridgehead atoms. The number of nitrogens with zero attached hydrogens (tertiary/aromatic N) is 3. The van der Waals surface area contributed by atoms with E-state index in [-0.39, 0.29) is 23.1 Å². The second-order valence-electron chi connectivity index (χ2n) is 6.26. The van der Waals surface area contributed by atoms with Gasteiger partial charge in [0.15, 0.2) is 0 Å². The number of nitrogens with one attached hydrogen (secondary N) is 2. The highest BCUT2D eigenvalue weighted by Gasteiger charge is 2.35. The van der Waals surface area contributed by atoms with Crippen LogP contribution in [-0.4, -0.2) is 44.4 Å². The monoisotopic (exact) mass is 355 g/mol. The number of likely N-dealkylation sites (tertiary alicyclic amines) is 1. The van der Waals surface area contributed by atoms with Gasteiger partial charge in [0.2, 0.25) is 5.95 Å². The minimum absolute atomic E-state index is 0.0923. The SMILES string of the molecule is Cc1cc(C)nc(NNC(=O)[C@H]2CCCN2C(=O)c2ccccc2O)n1. The Morgan fingerprint density at radius 3 is 2.58 bits per heavy atom. The van der Waals surface area contributed by atoms with E-state index < -0.39 is 6.04 Å².